The first-order valence-corrected chi connectivity index (χ1v) is 11.6. The lowest BCUT2D eigenvalue weighted by atomic mass is 9.94. The summed E-state index contributed by atoms with van der Waals surface area (Å²) in [6.45, 7) is 13.9. The first-order valence-electron chi connectivity index (χ1n) is 11.6. The van der Waals surface area contributed by atoms with Gasteiger partial charge in [-0.3, -0.25) is 9.89 Å². The van der Waals surface area contributed by atoms with E-state index >= 15 is 0 Å². The molecule has 0 saturated carbocycles. The minimum atomic E-state index is 0. The fraction of sp³-hybridized carbons (Fsp3) is 0.708. The highest BCUT2D eigenvalue weighted by atomic mass is 127. The molecular formula is C24H39IN4O2. The normalized spacial score (nSPS) is 25.1. The van der Waals surface area contributed by atoms with Crippen LogP contribution in [0.15, 0.2) is 29.3 Å². The Bertz CT molecular complexity index is 736. The van der Waals surface area contributed by atoms with Crippen LogP contribution in [0, 0.1) is 0 Å². The van der Waals surface area contributed by atoms with Gasteiger partial charge in [-0.2, -0.15) is 0 Å². The highest BCUT2D eigenvalue weighted by Crippen LogP contribution is 2.26. The van der Waals surface area contributed by atoms with Crippen LogP contribution in [-0.2, 0) is 22.4 Å². The molecule has 174 valence electrons. The van der Waals surface area contributed by atoms with Gasteiger partial charge < -0.3 is 19.7 Å². The van der Waals surface area contributed by atoms with E-state index in [4.69, 9.17) is 14.5 Å². The molecule has 31 heavy (non-hydrogen) atoms. The van der Waals surface area contributed by atoms with Gasteiger partial charge >= 0.3 is 0 Å². The molecule has 0 bridgehead atoms. The van der Waals surface area contributed by atoms with Crippen LogP contribution in [0.3, 0.4) is 0 Å². The lowest BCUT2D eigenvalue weighted by Crippen LogP contribution is -2.54. The lowest BCUT2D eigenvalue weighted by Gasteiger charge is -2.41. The molecule has 0 amide bonds. The molecule has 6 nitrogen and oxygen atoms in total. The SMILES string of the molecule is CCNC(=NCC(C)(C)N1CCc2ccccc2C1)N1CCOC(C2CCCO2)C1.I. The monoisotopic (exact) mass is 542 g/mol. The molecule has 0 spiro atoms. The molecule has 2 saturated heterocycles. The van der Waals surface area contributed by atoms with Gasteiger partial charge in [0.1, 0.15) is 6.10 Å². The van der Waals surface area contributed by atoms with Crippen molar-refractivity contribution in [3.63, 3.8) is 0 Å². The molecule has 0 aliphatic carbocycles. The zero-order valence-electron chi connectivity index (χ0n) is 19.3. The third-order valence-corrected chi connectivity index (χ3v) is 6.71. The molecule has 0 radical (unpaired) electrons. The Hall–Kier alpha value is -0.900. The Balaban J connectivity index is 0.00000272. The topological polar surface area (TPSA) is 49.3 Å². The van der Waals surface area contributed by atoms with Gasteiger partial charge in [0.05, 0.1) is 19.3 Å². The Labute approximate surface area is 204 Å². The number of guanidine groups is 1. The molecule has 3 heterocycles. The van der Waals surface area contributed by atoms with Gasteiger partial charge in [-0.25, -0.2) is 0 Å². The highest BCUT2D eigenvalue weighted by Gasteiger charge is 2.33. The van der Waals surface area contributed by atoms with Crippen LogP contribution in [0.4, 0.5) is 0 Å². The molecule has 2 fully saturated rings. The van der Waals surface area contributed by atoms with Gasteiger partial charge in [0.2, 0.25) is 0 Å². The van der Waals surface area contributed by atoms with Crippen molar-refractivity contribution >= 4 is 29.9 Å². The quantitative estimate of drug-likeness (QED) is 0.352. The summed E-state index contributed by atoms with van der Waals surface area (Å²) in [6, 6.07) is 8.84. The minimum Gasteiger partial charge on any atom is -0.375 e. The molecule has 2 atom stereocenters. The van der Waals surface area contributed by atoms with E-state index in [9.17, 15) is 0 Å². The van der Waals surface area contributed by atoms with Crippen LogP contribution in [0.25, 0.3) is 0 Å². The van der Waals surface area contributed by atoms with E-state index in [2.05, 4.69) is 60.2 Å². The second-order valence-electron chi connectivity index (χ2n) is 9.33. The van der Waals surface area contributed by atoms with Crippen LogP contribution in [0.2, 0.25) is 0 Å². The van der Waals surface area contributed by atoms with Crippen LogP contribution >= 0.6 is 24.0 Å². The highest BCUT2D eigenvalue weighted by molar-refractivity contribution is 14.0. The second kappa shape index (κ2) is 11.3. The Morgan fingerprint density at radius 2 is 1.90 bits per heavy atom. The van der Waals surface area contributed by atoms with Gasteiger partial charge in [-0.1, -0.05) is 24.3 Å². The number of hydrogen-bond acceptors (Lipinski definition) is 4. The maximum absolute atomic E-state index is 6.04. The van der Waals surface area contributed by atoms with Gasteiger partial charge in [0, 0.05) is 44.9 Å². The van der Waals surface area contributed by atoms with Crippen LogP contribution in [0.1, 0.15) is 44.7 Å². The molecule has 1 N–H and O–H groups in total. The first-order chi connectivity index (χ1) is 14.6. The number of nitrogens with zero attached hydrogens (tertiary/aromatic N) is 3. The Morgan fingerprint density at radius 1 is 1.13 bits per heavy atom. The standard InChI is InChI=1S/C24H38N4O2.HI/c1-4-25-23(27-13-15-30-22(17-27)21-10-7-14-29-21)26-18-24(2,3)28-12-11-19-8-5-6-9-20(19)16-28;/h5-6,8-9,21-22H,4,7,10-18H2,1-3H3,(H,25,26);1H. The largest absolute Gasteiger partial charge is 0.375 e. The molecular weight excluding hydrogens is 503 g/mol. The number of ether oxygens (including phenoxy) is 2. The zero-order valence-corrected chi connectivity index (χ0v) is 21.6. The fourth-order valence-electron chi connectivity index (χ4n) is 4.80. The van der Waals surface area contributed by atoms with Crippen molar-refractivity contribution in [3.8, 4) is 0 Å². The number of fused-ring (bicyclic) bond motifs is 1. The van der Waals surface area contributed by atoms with Gasteiger partial charge in [-0.15, -0.1) is 24.0 Å². The van der Waals surface area contributed by atoms with Crippen molar-refractivity contribution < 1.29 is 9.47 Å². The molecule has 3 aliphatic heterocycles. The summed E-state index contributed by atoms with van der Waals surface area (Å²) in [6.07, 6.45) is 3.76. The molecule has 2 unspecified atom stereocenters. The summed E-state index contributed by atoms with van der Waals surface area (Å²) >= 11 is 0. The van der Waals surface area contributed by atoms with Crippen molar-refractivity contribution in [1.82, 2.24) is 15.1 Å². The van der Waals surface area contributed by atoms with E-state index in [1.165, 1.54) is 11.1 Å². The van der Waals surface area contributed by atoms with Crippen molar-refractivity contribution in [3.05, 3.63) is 35.4 Å². The smallest absolute Gasteiger partial charge is 0.194 e. The fourth-order valence-corrected chi connectivity index (χ4v) is 4.80. The van der Waals surface area contributed by atoms with E-state index in [1.54, 1.807) is 0 Å². The maximum atomic E-state index is 6.04. The number of hydrogen-bond donors (Lipinski definition) is 1. The third kappa shape index (κ3) is 6.12. The van der Waals surface area contributed by atoms with E-state index in [1.807, 2.05) is 0 Å². The van der Waals surface area contributed by atoms with Crippen molar-refractivity contribution in [2.75, 3.05) is 45.9 Å². The molecule has 7 heteroatoms. The summed E-state index contributed by atoms with van der Waals surface area (Å²) in [5.41, 5.74) is 2.96. The van der Waals surface area contributed by atoms with E-state index in [-0.39, 0.29) is 41.7 Å². The zero-order chi connectivity index (χ0) is 21.0. The summed E-state index contributed by atoms with van der Waals surface area (Å²) in [4.78, 5) is 10.0. The second-order valence-corrected chi connectivity index (χ2v) is 9.33. The van der Waals surface area contributed by atoms with Crippen molar-refractivity contribution in [1.29, 1.82) is 0 Å². The van der Waals surface area contributed by atoms with Gasteiger partial charge in [0.25, 0.3) is 0 Å². The van der Waals surface area contributed by atoms with E-state index in [0.717, 1.165) is 77.7 Å². The van der Waals surface area contributed by atoms with Crippen LogP contribution in [-0.4, -0.2) is 79.4 Å². The predicted octanol–water partition coefficient (Wildman–Crippen LogP) is 3.29. The van der Waals surface area contributed by atoms with Crippen LogP contribution in [0.5, 0.6) is 0 Å². The maximum Gasteiger partial charge on any atom is 0.194 e. The number of rotatable bonds is 5. The molecule has 1 aromatic rings. The average Bonchev–Trinajstić information content (AvgIpc) is 3.31. The van der Waals surface area contributed by atoms with Gasteiger partial charge in [0.15, 0.2) is 5.96 Å². The average molecular weight is 543 g/mol. The number of aliphatic imine (C=N–C) groups is 1. The Morgan fingerprint density at radius 3 is 2.65 bits per heavy atom. The summed E-state index contributed by atoms with van der Waals surface area (Å²) in [5.74, 6) is 1.01. The predicted molar refractivity (Wildman–Crippen MR) is 136 cm³/mol. The van der Waals surface area contributed by atoms with Crippen LogP contribution < -0.4 is 5.32 Å². The molecule has 0 aromatic heterocycles. The summed E-state index contributed by atoms with van der Waals surface area (Å²) < 4.78 is 11.9. The first kappa shape index (κ1) is 24.7. The number of nitrogens with one attached hydrogen (secondary N) is 1. The van der Waals surface area contributed by atoms with Crippen molar-refractivity contribution in [2.24, 2.45) is 4.99 Å². The molecule has 1 aromatic carbocycles. The van der Waals surface area contributed by atoms with E-state index < -0.39 is 0 Å². The van der Waals surface area contributed by atoms with Crippen molar-refractivity contribution in [2.45, 2.75) is 64.3 Å². The lowest BCUT2D eigenvalue weighted by molar-refractivity contribution is -0.0817. The van der Waals surface area contributed by atoms with Gasteiger partial charge in [-0.05, 0) is 51.2 Å². The summed E-state index contributed by atoms with van der Waals surface area (Å²) in [5, 5.41) is 3.52. The Kier molecular flexibility index (Phi) is 9.01. The third-order valence-electron chi connectivity index (χ3n) is 6.71. The number of benzene rings is 1. The van der Waals surface area contributed by atoms with E-state index in [0.29, 0.717) is 0 Å². The number of halogens is 1. The molecule has 3 aliphatic rings. The number of morpholine rings is 1. The summed E-state index contributed by atoms with van der Waals surface area (Å²) in [7, 11) is 0. The molecule has 4 rings (SSSR count). The minimum absolute atomic E-state index is 0.